The van der Waals surface area contributed by atoms with E-state index in [1.54, 1.807) is 4.90 Å². The zero-order valence-electron chi connectivity index (χ0n) is 9.79. The number of hydrogen-bond donors (Lipinski definition) is 1. The highest BCUT2D eigenvalue weighted by Crippen LogP contribution is 2.09. The fourth-order valence-corrected chi connectivity index (χ4v) is 1.77. The number of ether oxygens (including phenoxy) is 1. The van der Waals surface area contributed by atoms with Gasteiger partial charge in [-0.05, 0) is 26.3 Å². The summed E-state index contributed by atoms with van der Waals surface area (Å²) in [5, 5.41) is 3.33. The van der Waals surface area contributed by atoms with E-state index in [0.29, 0.717) is 32.2 Å². The average Bonchev–Trinajstić information content (AvgIpc) is 2.70. The van der Waals surface area contributed by atoms with E-state index in [2.05, 4.69) is 5.32 Å². The SMILES string of the molecule is CCOCCN(C)C(=O)CC1CCCN1. The Morgan fingerprint density at radius 1 is 1.60 bits per heavy atom. The van der Waals surface area contributed by atoms with Crippen LogP contribution in [0.3, 0.4) is 0 Å². The number of rotatable bonds is 6. The minimum atomic E-state index is 0.217. The summed E-state index contributed by atoms with van der Waals surface area (Å²) in [5.41, 5.74) is 0. The predicted molar refractivity (Wildman–Crippen MR) is 59.8 cm³/mol. The van der Waals surface area contributed by atoms with E-state index in [-0.39, 0.29) is 5.91 Å². The lowest BCUT2D eigenvalue weighted by Crippen LogP contribution is -2.35. The minimum Gasteiger partial charge on any atom is -0.380 e. The fraction of sp³-hybridized carbons (Fsp3) is 0.909. The summed E-state index contributed by atoms with van der Waals surface area (Å²) in [6.07, 6.45) is 2.95. The van der Waals surface area contributed by atoms with Gasteiger partial charge >= 0.3 is 0 Å². The standard InChI is InChI=1S/C11H22N2O2/c1-3-15-8-7-13(2)11(14)9-10-5-4-6-12-10/h10,12H,3-9H2,1-2H3. The molecular formula is C11H22N2O2. The number of nitrogens with one attached hydrogen (secondary N) is 1. The third-order valence-electron chi connectivity index (χ3n) is 2.78. The predicted octanol–water partition coefficient (Wildman–Crippen LogP) is 0.623. The first-order chi connectivity index (χ1) is 7.24. The number of amides is 1. The largest absolute Gasteiger partial charge is 0.380 e. The Hall–Kier alpha value is -0.610. The topological polar surface area (TPSA) is 41.6 Å². The molecule has 1 rings (SSSR count). The van der Waals surface area contributed by atoms with E-state index in [4.69, 9.17) is 4.74 Å². The molecule has 1 fully saturated rings. The maximum atomic E-state index is 11.7. The minimum absolute atomic E-state index is 0.217. The summed E-state index contributed by atoms with van der Waals surface area (Å²) in [4.78, 5) is 13.5. The summed E-state index contributed by atoms with van der Waals surface area (Å²) in [6, 6.07) is 0.395. The highest BCUT2D eigenvalue weighted by Gasteiger charge is 2.19. The third kappa shape index (κ3) is 4.62. The number of carbonyl (C=O) groups is 1. The molecule has 4 nitrogen and oxygen atoms in total. The lowest BCUT2D eigenvalue weighted by Gasteiger charge is -2.19. The molecule has 4 heteroatoms. The third-order valence-corrected chi connectivity index (χ3v) is 2.78. The lowest BCUT2D eigenvalue weighted by molar-refractivity contribution is -0.131. The van der Waals surface area contributed by atoms with Crippen molar-refractivity contribution in [2.24, 2.45) is 0 Å². The quantitative estimate of drug-likeness (QED) is 0.659. The zero-order chi connectivity index (χ0) is 11.1. The van der Waals surface area contributed by atoms with Crippen LogP contribution in [0.15, 0.2) is 0 Å². The van der Waals surface area contributed by atoms with Gasteiger partial charge in [-0.3, -0.25) is 4.79 Å². The highest BCUT2D eigenvalue weighted by molar-refractivity contribution is 5.76. The van der Waals surface area contributed by atoms with Crippen LogP contribution in [0.25, 0.3) is 0 Å². The average molecular weight is 214 g/mol. The van der Waals surface area contributed by atoms with Gasteiger partial charge in [0.05, 0.1) is 6.61 Å². The van der Waals surface area contributed by atoms with E-state index in [0.717, 1.165) is 13.0 Å². The van der Waals surface area contributed by atoms with Gasteiger partial charge in [0.15, 0.2) is 0 Å². The van der Waals surface area contributed by atoms with Gasteiger partial charge in [0, 0.05) is 32.7 Å². The fourth-order valence-electron chi connectivity index (χ4n) is 1.77. The van der Waals surface area contributed by atoms with Crippen molar-refractivity contribution in [3.05, 3.63) is 0 Å². The Bertz CT molecular complexity index is 191. The molecule has 0 aromatic heterocycles. The highest BCUT2D eigenvalue weighted by atomic mass is 16.5. The van der Waals surface area contributed by atoms with Crippen LogP contribution in [-0.4, -0.2) is 50.2 Å². The Morgan fingerprint density at radius 2 is 2.40 bits per heavy atom. The van der Waals surface area contributed by atoms with Crippen molar-refractivity contribution in [1.29, 1.82) is 0 Å². The Morgan fingerprint density at radius 3 is 3.00 bits per heavy atom. The maximum Gasteiger partial charge on any atom is 0.223 e. The van der Waals surface area contributed by atoms with Gasteiger partial charge < -0.3 is 15.0 Å². The molecule has 0 spiro atoms. The van der Waals surface area contributed by atoms with Crippen molar-refractivity contribution in [1.82, 2.24) is 10.2 Å². The van der Waals surface area contributed by atoms with Crippen LogP contribution in [0, 0.1) is 0 Å². The zero-order valence-corrected chi connectivity index (χ0v) is 9.79. The number of likely N-dealkylation sites (N-methyl/N-ethyl adjacent to an activating group) is 1. The molecule has 0 aromatic rings. The molecule has 0 radical (unpaired) electrons. The van der Waals surface area contributed by atoms with Crippen LogP contribution in [0.4, 0.5) is 0 Å². The van der Waals surface area contributed by atoms with E-state index >= 15 is 0 Å². The molecule has 0 saturated carbocycles. The van der Waals surface area contributed by atoms with Crippen molar-refractivity contribution in [2.45, 2.75) is 32.2 Å². The molecule has 0 bridgehead atoms. The maximum absolute atomic E-state index is 11.7. The van der Waals surface area contributed by atoms with Gasteiger partial charge in [-0.15, -0.1) is 0 Å². The van der Waals surface area contributed by atoms with Gasteiger partial charge in [0.1, 0.15) is 0 Å². The van der Waals surface area contributed by atoms with Gasteiger partial charge in [-0.1, -0.05) is 0 Å². The number of nitrogens with zero attached hydrogens (tertiary/aromatic N) is 1. The van der Waals surface area contributed by atoms with Gasteiger partial charge in [-0.25, -0.2) is 0 Å². The van der Waals surface area contributed by atoms with E-state index in [1.807, 2.05) is 14.0 Å². The van der Waals surface area contributed by atoms with Crippen molar-refractivity contribution in [3.63, 3.8) is 0 Å². The van der Waals surface area contributed by atoms with Gasteiger partial charge in [0.25, 0.3) is 0 Å². The smallest absolute Gasteiger partial charge is 0.223 e. The van der Waals surface area contributed by atoms with Crippen LogP contribution in [0.5, 0.6) is 0 Å². The molecule has 88 valence electrons. The normalized spacial score (nSPS) is 20.5. The summed E-state index contributed by atoms with van der Waals surface area (Å²) in [7, 11) is 1.84. The molecule has 0 aromatic carbocycles. The van der Waals surface area contributed by atoms with Crippen LogP contribution in [0.1, 0.15) is 26.2 Å². The molecular weight excluding hydrogens is 192 g/mol. The van der Waals surface area contributed by atoms with Gasteiger partial charge in [-0.2, -0.15) is 0 Å². The molecule has 1 aliphatic heterocycles. The van der Waals surface area contributed by atoms with Crippen molar-refractivity contribution in [2.75, 3.05) is 33.4 Å². The second-order valence-corrected chi connectivity index (χ2v) is 4.01. The van der Waals surface area contributed by atoms with Gasteiger partial charge in [0.2, 0.25) is 5.91 Å². The second kappa shape index (κ2) is 6.80. The molecule has 1 unspecified atom stereocenters. The van der Waals surface area contributed by atoms with E-state index in [9.17, 15) is 4.79 Å². The number of hydrogen-bond acceptors (Lipinski definition) is 3. The summed E-state index contributed by atoms with van der Waals surface area (Å²) < 4.78 is 5.21. The molecule has 1 atom stereocenters. The van der Waals surface area contributed by atoms with Crippen LogP contribution < -0.4 is 5.32 Å². The molecule has 1 aliphatic rings. The Balaban J connectivity index is 2.14. The number of carbonyl (C=O) groups excluding carboxylic acids is 1. The lowest BCUT2D eigenvalue weighted by atomic mass is 10.1. The second-order valence-electron chi connectivity index (χ2n) is 4.01. The van der Waals surface area contributed by atoms with Crippen molar-refractivity contribution >= 4 is 5.91 Å². The van der Waals surface area contributed by atoms with Crippen LogP contribution in [-0.2, 0) is 9.53 Å². The molecule has 1 heterocycles. The Kier molecular flexibility index (Phi) is 5.65. The van der Waals surface area contributed by atoms with Crippen molar-refractivity contribution in [3.8, 4) is 0 Å². The monoisotopic (exact) mass is 214 g/mol. The summed E-state index contributed by atoms with van der Waals surface area (Å²) in [5.74, 6) is 0.217. The first kappa shape index (κ1) is 12.5. The van der Waals surface area contributed by atoms with E-state index in [1.165, 1.54) is 6.42 Å². The molecule has 1 N–H and O–H groups in total. The molecule has 0 aliphatic carbocycles. The van der Waals surface area contributed by atoms with E-state index < -0.39 is 0 Å². The summed E-state index contributed by atoms with van der Waals surface area (Å²) >= 11 is 0. The first-order valence-electron chi connectivity index (χ1n) is 5.79. The molecule has 1 amide bonds. The molecule has 15 heavy (non-hydrogen) atoms. The van der Waals surface area contributed by atoms with Crippen molar-refractivity contribution < 1.29 is 9.53 Å². The Labute approximate surface area is 92.0 Å². The van der Waals surface area contributed by atoms with Crippen LogP contribution >= 0.6 is 0 Å². The molecule has 1 saturated heterocycles. The first-order valence-corrected chi connectivity index (χ1v) is 5.79. The van der Waals surface area contributed by atoms with Crippen LogP contribution in [0.2, 0.25) is 0 Å². The summed E-state index contributed by atoms with van der Waals surface area (Å²) in [6.45, 7) is 5.06.